The number of hydrogen-bond donors (Lipinski definition) is 3. The number of aliphatic hydroxyl groups excluding tert-OH is 1. The van der Waals surface area contributed by atoms with E-state index in [2.05, 4.69) is 12.1 Å². The summed E-state index contributed by atoms with van der Waals surface area (Å²) in [6, 6.07) is 14.4. The summed E-state index contributed by atoms with van der Waals surface area (Å²) >= 11 is 0. The number of aryl methyl sites for hydroxylation is 1. The SMILES string of the molecule is CC(C)c1nc2c(c(-c3ccc(F)cc3)c1/C=C/P(=O)(O)C[C@H](O)CC(=O)O)CCCc1ccccc1-2. The number of pyridine rings is 1. The van der Waals surface area contributed by atoms with Crippen LogP contribution in [0.3, 0.4) is 0 Å². The Hall–Kier alpha value is -3.12. The van der Waals surface area contributed by atoms with Crippen molar-refractivity contribution < 1.29 is 28.9 Å². The number of aliphatic carboxylic acids is 1. The average Bonchev–Trinajstić information content (AvgIpc) is 3.01. The van der Waals surface area contributed by atoms with Gasteiger partial charge >= 0.3 is 5.97 Å². The molecule has 0 aliphatic heterocycles. The van der Waals surface area contributed by atoms with E-state index in [9.17, 15) is 23.7 Å². The van der Waals surface area contributed by atoms with Crippen molar-refractivity contribution in [2.75, 3.05) is 6.16 Å². The normalized spacial score (nSPS) is 15.6. The number of carboxylic acids is 1. The molecule has 1 aliphatic carbocycles. The Labute approximate surface area is 216 Å². The van der Waals surface area contributed by atoms with Crippen molar-refractivity contribution in [1.29, 1.82) is 0 Å². The molecule has 8 heteroatoms. The fourth-order valence-corrected chi connectivity index (χ4v) is 6.16. The van der Waals surface area contributed by atoms with Crippen LogP contribution >= 0.6 is 7.37 Å². The molecule has 3 aromatic rings. The van der Waals surface area contributed by atoms with Crippen LogP contribution in [0.1, 0.15) is 55.0 Å². The third-order valence-electron chi connectivity index (χ3n) is 6.55. The predicted molar refractivity (Wildman–Crippen MR) is 143 cm³/mol. The van der Waals surface area contributed by atoms with Crippen molar-refractivity contribution in [1.82, 2.24) is 4.98 Å². The highest BCUT2D eigenvalue weighted by Crippen LogP contribution is 2.46. The molecule has 3 N–H and O–H groups in total. The number of aliphatic hydroxyl groups is 1. The molecular formula is C29H31FNO5P. The van der Waals surface area contributed by atoms with Gasteiger partial charge in [0.15, 0.2) is 0 Å². The van der Waals surface area contributed by atoms with E-state index < -0.39 is 32.0 Å². The van der Waals surface area contributed by atoms with Crippen molar-refractivity contribution in [3.8, 4) is 22.4 Å². The lowest BCUT2D eigenvalue weighted by Gasteiger charge is -2.22. The minimum absolute atomic E-state index is 0.0322. The molecule has 2 atom stereocenters. The molecule has 194 valence electrons. The van der Waals surface area contributed by atoms with Crippen molar-refractivity contribution in [2.45, 2.75) is 51.6 Å². The third kappa shape index (κ3) is 6.24. The van der Waals surface area contributed by atoms with Crippen LogP contribution in [0.2, 0.25) is 0 Å². The highest BCUT2D eigenvalue weighted by molar-refractivity contribution is 7.61. The van der Waals surface area contributed by atoms with Crippen LogP contribution in [0.4, 0.5) is 4.39 Å². The standard InChI is InChI=1S/C29H31FNO5P/c1-18(2)28-25(14-15-37(35,36)17-22(32)16-26(33)34)27(20-10-12-21(30)13-11-20)24-9-5-7-19-6-3-4-8-23(19)29(24)31-28/h3-4,6,8,10-15,18,22,32H,5,7,9,16-17H2,1-2H3,(H,33,34)(H,35,36)/b15-14+/t22-/m1/s1. The minimum atomic E-state index is -4.01. The molecular weight excluding hydrogens is 492 g/mol. The van der Waals surface area contributed by atoms with Crippen LogP contribution < -0.4 is 0 Å². The highest BCUT2D eigenvalue weighted by Gasteiger charge is 2.26. The second-order valence-electron chi connectivity index (χ2n) is 9.79. The molecule has 0 radical (unpaired) electrons. The number of rotatable bonds is 8. The highest BCUT2D eigenvalue weighted by atomic mass is 31.2. The second-order valence-corrected chi connectivity index (χ2v) is 12.0. The summed E-state index contributed by atoms with van der Waals surface area (Å²) in [5, 5.41) is 18.8. The second kappa shape index (κ2) is 11.1. The largest absolute Gasteiger partial charge is 0.481 e. The van der Waals surface area contributed by atoms with Crippen molar-refractivity contribution in [3.05, 3.63) is 82.5 Å². The van der Waals surface area contributed by atoms with Crippen molar-refractivity contribution in [2.24, 2.45) is 0 Å². The topological polar surface area (TPSA) is 108 Å². The number of nitrogens with zero attached hydrogens (tertiary/aromatic N) is 1. The number of aromatic nitrogens is 1. The summed E-state index contributed by atoms with van der Waals surface area (Å²) in [5.74, 6) is -0.476. The summed E-state index contributed by atoms with van der Waals surface area (Å²) in [5.41, 5.74) is 7.16. The lowest BCUT2D eigenvalue weighted by Crippen LogP contribution is -2.17. The molecule has 1 heterocycles. The van der Waals surface area contributed by atoms with Crippen molar-refractivity contribution in [3.63, 3.8) is 0 Å². The fourth-order valence-electron chi connectivity index (χ4n) is 4.92. The number of hydrogen-bond acceptors (Lipinski definition) is 4. The van der Waals surface area contributed by atoms with E-state index in [0.29, 0.717) is 5.56 Å². The van der Waals surface area contributed by atoms with Gasteiger partial charge < -0.3 is 15.1 Å². The maximum Gasteiger partial charge on any atom is 0.305 e. The van der Waals surface area contributed by atoms with E-state index in [1.807, 2.05) is 26.0 Å². The number of benzene rings is 2. The molecule has 1 unspecified atom stereocenters. The van der Waals surface area contributed by atoms with E-state index in [4.69, 9.17) is 10.1 Å². The average molecular weight is 524 g/mol. The van der Waals surface area contributed by atoms with E-state index in [-0.39, 0.29) is 11.7 Å². The van der Waals surface area contributed by atoms with E-state index in [1.54, 1.807) is 18.2 Å². The summed E-state index contributed by atoms with van der Waals surface area (Å²) in [7, 11) is -4.01. The van der Waals surface area contributed by atoms with Crippen LogP contribution in [0.5, 0.6) is 0 Å². The minimum Gasteiger partial charge on any atom is -0.481 e. The first kappa shape index (κ1) is 26.9. The number of fused-ring (bicyclic) bond motifs is 3. The van der Waals surface area contributed by atoms with Crippen LogP contribution in [-0.4, -0.2) is 38.3 Å². The van der Waals surface area contributed by atoms with E-state index in [0.717, 1.165) is 58.7 Å². The van der Waals surface area contributed by atoms with Gasteiger partial charge in [-0.2, -0.15) is 0 Å². The first-order valence-corrected chi connectivity index (χ1v) is 14.3. The number of carboxylic acid groups (broad SMARTS) is 1. The Morgan fingerprint density at radius 1 is 1.14 bits per heavy atom. The van der Waals surface area contributed by atoms with E-state index >= 15 is 0 Å². The van der Waals surface area contributed by atoms with Crippen molar-refractivity contribution >= 4 is 19.4 Å². The Bertz CT molecular complexity index is 1380. The smallest absolute Gasteiger partial charge is 0.305 e. The van der Waals surface area contributed by atoms with Gasteiger partial charge in [-0.3, -0.25) is 14.3 Å². The Morgan fingerprint density at radius 3 is 2.51 bits per heavy atom. The van der Waals surface area contributed by atoms with Gasteiger partial charge in [-0.1, -0.05) is 50.2 Å². The molecule has 6 nitrogen and oxygen atoms in total. The van der Waals surface area contributed by atoms with Gasteiger partial charge in [0, 0.05) is 16.9 Å². The first-order chi connectivity index (χ1) is 17.6. The summed E-state index contributed by atoms with van der Waals surface area (Å²) in [6.45, 7) is 4.00. The number of carbonyl (C=O) groups is 1. The Morgan fingerprint density at radius 2 is 1.84 bits per heavy atom. The molecule has 2 aromatic carbocycles. The fraction of sp³-hybridized carbons (Fsp3) is 0.310. The zero-order valence-electron chi connectivity index (χ0n) is 20.9. The van der Waals surface area contributed by atoms with Gasteiger partial charge in [-0.05, 0) is 65.6 Å². The Kier molecular flexibility index (Phi) is 8.08. The first-order valence-electron chi connectivity index (χ1n) is 12.4. The molecule has 0 spiro atoms. The maximum atomic E-state index is 13.9. The van der Waals surface area contributed by atoms with Gasteiger partial charge in [0.1, 0.15) is 5.82 Å². The summed E-state index contributed by atoms with van der Waals surface area (Å²) < 4.78 is 26.8. The lowest BCUT2D eigenvalue weighted by atomic mass is 9.87. The Balaban J connectivity index is 1.94. The summed E-state index contributed by atoms with van der Waals surface area (Å²) in [4.78, 5) is 26.5. The zero-order chi connectivity index (χ0) is 26.7. The lowest BCUT2D eigenvalue weighted by molar-refractivity contribution is -0.138. The number of halogens is 1. The molecule has 4 rings (SSSR count). The molecule has 37 heavy (non-hydrogen) atoms. The predicted octanol–water partition coefficient (Wildman–Crippen LogP) is 6.24. The van der Waals surface area contributed by atoms with Gasteiger partial charge in [0.2, 0.25) is 7.37 Å². The molecule has 1 aliphatic rings. The van der Waals surface area contributed by atoms with Gasteiger partial charge in [-0.15, -0.1) is 0 Å². The monoisotopic (exact) mass is 523 g/mol. The van der Waals surface area contributed by atoms with Gasteiger partial charge in [0.05, 0.1) is 30.1 Å². The quantitative estimate of drug-likeness (QED) is 0.302. The summed E-state index contributed by atoms with van der Waals surface area (Å²) in [6.07, 6.45) is 1.46. The van der Waals surface area contributed by atoms with E-state index in [1.165, 1.54) is 17.7 Å². The molecule has 0 saturated carbocycles. The van der Waals surface area contributed by atoms with Gasteiger partial charge in [0.25, 0.3) is 0 Å². The van der Waals surface area contributed by atoms with Gasteiger partial charge in [-0.25, -0.2) is 4.39 Å². The molecule has 0 bridgehead atoms. The van der Waals surface area contributed by atoms with Crippen LogP contribution in [0, 0.1) is 5.82 Å². The third-order valence-corrected chi connectivity index (χ3v) is 8.11. The van der Waals surface area contributed by atoms with Crippen LogP contribution in [0.25, 0.3) is 28.5 Å². The van der Waals surface area contributed by atoms with Crippen LogP contribution in [-0.2, 0) is 22.2 Å². The molecule has 0 amide bonds. The zero-order valence-corrected chi connectivity index (χ0v) is 21.8. The molecule has 1 aromatic heterocycles. The molecule has 0 fully saturated rings. The molecule has 0 saturated heterocycles. The maximum absolute atomic E-state index is 13.9. The van der Waals surface area contributed by atoms with Crippen LogP contribution in [0.15, 0.2) is 54.3 Å².